The van der Waals surface area contributed by atoms with Crippen molar-refractivity contribution in [3.8, 4) is 0 Å². The van der Waals surface area contributed by atoms with Gasteiger partial charge in [-0.25, -0.2) is 0 Å². The molecule has 1 amide bonds. The van der Waals surface area contributed by atoms with Gasteiger partial charge >= 0.3 is 0 Å². The van der Waals surface area contributed by atoms with Gasteiger partial charge in [-0.15, -0.1) is 0 Å². The summed E-state index contributed by atoms with van der Waals surface area (Å²) < 4.78 is 1.61. The number of nitrogens with one attached hydrogen (secondary N) is 2. The zero-order valence-corrected chi connectivity index (χ0v) is 11.5. The molecule has 5 nitrogen and oxygen atoms in total. The van der Waals surface area contributed by atoms with E-state index >= 15 is 0 Å². The highest BCUT2D eigenvalue weighted by atomic mass is 16.1. The second-order valence-electron chi connectivity index (χ2n) is 5.21. The first-order valence-electron chi connectivity index (χ1n) is 6.83. The summed E-state index contributed by atoms with van der Waals surface area (Å²) in [6.45, 7) is 0.890. The lowest BCUT2D eigenvalue weighted by Gasteiger charge is -2.06. The van der Waals surface area contributed by atoms with Crippen LogP contribution in [0.4, 0.5) is 5.69 Å². The molecule has 1 fully saturated rings. The van der Waals surface area contributed by atoms with Crippen LogP contribution in [0.25, 0.3) is 0 Å². The molecule has 2 N–H and O–H groups in total. The van der Waals surface area contributed by atoms with E-state index in [2.05, 4.69) is 15.7 Å². The summed E-state index contributed by atoms with van der Waals surface area (Å²) in [5.41, 5.74) is 2.59. The molecule has 1 heterocycles. The van der Waals surface area contributed by atoms with E-state index in [1.165, 1.54) is 18.4 Å². The second kappa shape index (κ2) is 5.46. The minimum atomic E-state index is -0.137. The molecule has 2 aromatic rings. The fourth-order valence-electron chi connectivity index (χ4n) is 2.00. The highest BCUT2D eigenvalue weighted by Gasteiger charge is 2.19. The van der Waals surface area contributed by atoms with Crippen LogP contribution in [0.3, 0.4) is 0 Å². The summed E-state index contributed by atoms with van der Waals surface area (Å²) >= 11 is 0. The Morgan fingerprint density at radius 3 is 2.70 bits per heavy atom. The highest BCUT2D eigenvalue weighted by Crippen LogP contribution is 2.19. The number of rotatable bonds is 5. The molecule has 1 aliphatic carbocycles. The maximum atomic E-state index is 12.0. The van der Waals surface area contributed by atoms with Gasteiger partial charge in [0.2, 0.25) is 0 Å². The van der Waals surface area contributed by atoms with Crippen LogP contribution in [0.1, 0.15) is 28.8 Å². The molecule has 0 radical (unpaired) electrons. The normalized spacial score (nSPS) is 14.2. The molecule has 1 aromatic carbocycles. The third-order valence-electron chi connectivity index (χ3n) is 3.35. The van der Waals surface area contributed by atoms with Gasteiger partial charge in [0.25, 0.3) is 5.91 Å². The minimum absolute atomic E-state index is 0.137. The van der Waals surface area contributed by atoms with Crippen LogP contribution in [0.15, 0.2) is 36.7 Å². The summed E-state index contributed by atoms with van der Waals surface area (Å²) in [4.78, 5) is 12.0. The number of hydrogen-bond acceptors (Lipinski definition) is 3. The Labute approximate surface area is 118 Å². The summed E-state index contributed by atoms with van der Waals surface area (Å²) in [7, 11) is 1.79. The maximum Gasteiger partial charge on any atom is 0.258 e. The van der Waals surface area contributed by atoms with Crippen molar-refractivity contribution in [2.45, 2.75) is 25.4 Å². The van der Waals surface area contributed by atoms with E-state index in [0.717, 1.165) is 12.2 Å². The fourth-order valence-corrected chi connectivity index (χ4v) is 2.00. The van der Waals surface area contributed by atoms with Crippen LogP contribution in [0.5, 0.6) is 0 Å². The Hall–Kier alpha value is -2.14. The van der Waals surface area contributed by atoms with Crippen molar-refractivity contribution in [1.29, 1.82) is 0 Å². The molecule has 3 rings (SSSR count). The molecule has 5 heteroatoms. The average Bonchev–Trinajstić information content (AvgIpc) is 3.18. The number of anilines is 1. The molecule has 1 aromatic heterocycles. The molecule has 0 unspecified atom stereocenters. The van der Waals surface area contributed by atoms with E-state index in [-0.39, 0.29) is 5.91 Å². The van der Waals surface area contributed by atoms with Crippen LogP contribution in [0, 0.1) is 0 Å². The molecular formula is C15H18N4O. The molecule has 0 atom stereocenters. The largest absolute Gasteiger partial charge is 0.322 e. The highest BCUT2D eigenvalue weighted by molar-refractivity contribution is 6.03. The predicted molar refractivity (Wildman–Crippen MR) is 77.5 cm³/mol. The van der Waals surface area contributed by atoms with E-state index in [1.54, 1.807) is 24.1 Å². The topological polar surface area (TPSA) is 59.0 Å². The Bertz CT molecular complexity index is 599. The number of aromatic nitrogens is 2. The van der Waals surface area contributed by atoms with E-state index < -0.39 is 0 Å². The summed E-state index contributed by atoms with van der Waals surface area (Å²) in [6.07, 6.45) is 5.84. The van der Waals surface area contributed by atoms with Crippen LogP contribution >= 0.6 is 0 Å². The van der Waals surface area contributed by atoms with Gasteiger partial charge in [0.15, 0.2) is 0 Å². The van der Waals surface area contributed by atoms with Gasteiger partial charge in [-0.05, 0) is 30.5 Å². The molecule has 1 saturated carbocycles. The van der Waals surface area contributed by atoms with Gasteiger partial charge in [-0.3, -0.25) is 9.48 Å². The Morgan fingerprint density at radius 2 is 2.10 bits per heavy atom. The minimum Gasteiger partial charge on any atom is -0.322 e. The van der Waals surface area contributed by atoms with E-state index in [1.807, 2.05) is 24.3 Å². The first-order chi connectivity index (χ1) is 9.70. The van der Waals surface area contributed by atoms with Crippen LogP contribution < -0.4 is 10.6 Å². The molecule has 0 aliphatic heterocycles. The number of benzene rings is 1. The number of hydrogen-bond donors (Lipinski definition) is 2. The smallest absolute Gasteiger partial charge is 0.258 e. The third-order valence-corrected chi connectivity index (χ3v) is 3.35. The van der Waals surface area contributed by atoms with Gasteiger partial charge in [-0.2, -0.15) is 5.10 Å². The first kappa shape index (κ1) is 12.9. The number of nitrogens with zero attached hydrogens (tertiary/aromatic N) is 2. The van der Waals surface area contributed by atoms with Crippen molar-refractivity contribution >= 4 is 11.6 Å². The van der Waals surface area contributed by atoms with Crippen molar-refractivity contribution in [1.82, 2.24) is 15.1 Å². The van der Waals surface area contributed by atoms with Gasteiger partial charge in [0.1, 0.15) is 0 Å². The van der Waals surface area contributed by atoms with Gasteiger partial charge in [-0.1, -0.05) is 12.1 Å². The molecule has 1 aliphatic rings. The number of aryl methyl sites for hydroxylation is 1. The Kier molecular flexibility index (Phi) is 3.52. The molecule has 104 valence electrons. The number of amides is 1. The summed E-state index contributed by atoms with van der Waals surface area (Å²) in [5.74, 6) is -0.137. The van der Waals surface area contributed by atoms with E-state index in [4.69, 9.17) is 0 Å². The molecule has 0 bridgehead atoms. The molecule has 0 spiro atoms. The molecular weight excluding hydrogens is 252 g/mol. The summed E-state index contributed by atoms with van der Waals surface area (Å²) in [5, 5.41) is 10.3. The lowest BCUT2D eigenvalue weighted by atomic mass is 10.2. The lowest BCUT2D eigenvalue weighted by molar-refractivity contribution is 0.102. The predicted octanol–water partition coefficient (Wildman–Crippen LogP) is 1.92. The van der Waals surface area contributed by atoms with Gasteiger partial charge < -0.3 is 10.6 Å². The van der Waals surface area contributed by atoms with Crippen molar-refractivity contribution in [2.24, 2.45) is 7.05 Å². The zero-order valence-electron chi connectivity index (χ0n) is 11.5. The fraction of sp³-hybridized carbons (Fsp3) is 0.333. The Balaban J connectivity index is 1.58. The SMILES string of the molecule is Cn1cc(C(=O)Nc2ccc(CNC3CC3)cc2)cn1. The standard InChI is InChI=1S/C15H18N4O/c1-19-10-12(9-17-19)15(20)18-14-4-2-11(3-5-14)8-16-13-6-7-13/h2-5,9-10,13,16H,6-8H2,1H3,(H,18,20). The third kappa shape index (κ3) is 3.24. The van der Waals surface area contributed by atoms with Crippen molar-refractivity contribution < 1.29 is 4.79 Å². The average molecular weight is 270 g/mol. The maximum absolute atomic E-state index is 12.0. The quantitative estimate of drug-likeness (QED) is 0.872. The van der Waals surface area contributed by atoms with Crippen molar-refractivity contribution in [3.63, 3.8) is 0 Å². The van der Waals surface area contributed by atoms with E-state index in [9.17, 15) is 4.79 Å². The first-order valence-corrected chi connectivity index (χ1v) is 6.83. The summed E-state index contributed by atoms with van der Waals surface area (Å²) in [6, 6.07) is 8.64. The zero-order chi connectivity index (χ0) is 13.9. The van der Waals surface area contributed by atoms with Crippen molar-refractivity contribution in [2.75, 3.05) is 5.32 Å². The van der Waals surface area contributed by atoms with Crippen LogP contribution in [-0.2, 0) is 13.6 Å². The van der Waals surface area contributed by atoms with Gasteiger partial charge in [0.05, 0.1) is 11.8 Å². The lowest BCUT2D eigenvalue weighted by Crippen LogP contribution is -2.15. The molecule has 0 saturated heterocycles. The van der Waals surface area contributed by atoms with Crippen LogP contribution in [0.2, 0.25) is 0 Å². The number of carbonyl (C=O) groups is 1. The van der Waals surface area contributed by atoms with E-state index in [0.29, 0.717) is 11.6 Å². The Morgan fingerprint density at radius 1 is 1.35 bits per heavy atom. The monoisotopic (exact) mass is 270 g/mol. The van der Waals surface area contributed by atoms with Gasteiger partial charge in [0, 0.05) is 31.5 Å². The molecule has 20 heavy (non-hydrogen) atoms. The number of carbonyl (C=O) groups excluding carboxylic acids is 1. The van der Waals surface area contributed by atoms with Crippen molar-refractivity contribution in [3.05, 3.63) is 47.8 Å². The van der Waals surface area contributed by atoms with Crippen LogP contribution in [-0.4, -0.2) is 21.7 Å². The second-order valence-corrected chi connectivity index (χ2v) is 5.21.